The first-order valence-corrected chi connectivity index (χ1v) is 6.08. The van der Waals surface area contributed by atoms with E-state index in [2.05, 4.69) is 0 Å². The minimum atomic E-state index is -4.54. The second kappa shape index (κ2) is 5.02. The van der Waals surface area contributed by atoms with Crippen molar-refractivity contribution in [3.8, 4) is 0 Å². The van der Waals surface area contributed by atoms with Crippen molar-refractivity contribution < 1.29 is 18.0 Å². The van der Waals surface area contributed by atoms with Crippen LogP contribution in [0.1, 0.15) is 12.0 Å². The topological polar surface area (TPSA) is 46.3 Å². The summed E-state index contributed by atoms with van der Waals surface area (Å²) in [6.07, 6.45) is -4.30. The van der Waals surface area contributed by atoms with Crippen LogP contribution in [0.5, 0.6) is 0 Å². The lowest BCUT2D eigenvalue weighted by molar-refractivity contribution is -0.137. The molecule has 0 spiro atoms. The smallest absolute Gasteiger partial charge is 0.330 e. The summed E-state index contributed by atoms with van der Waals surface area (Å²) in [6.45, 7) is 0.620. The van der Waals surface area contributed by atoms with Crippen LogP contribution in [0.25, 0.3) is 0 Å². The Balaban J connectivity index is 2.39. The molecule has 0 bridgehead atoms. The number of nitrogens with zero attached hydrogens (tertiary/aromatic N) is 1. The van der Waals surface area contributed by atoms with Gasteiger partial charge in [-0.25, -0.2) is 0 Å². The molecule has 104 valence electrons. The standard InChI is InChI=1S/C12H12ClF3N2O/c13-11-8(12(14,15)16)2-1-3-9(11)18-6-7(5-17)4-10(18)19/h1-3,7H,4-6,17H2. The number of nitrogens with two attached hydrogens (primary N) is 1. The predicted molar refractivity (Wildman–Crippen MR) is 66.0 cm³/mol. The summed E-state index contributed by atoms with van der Waals surface area (Å²) in [7, 11) is 0. The number of amides is 1. The van der Waals surface area contributed by atoms with Gasteiger partial charge in [-0.2, -0.15) is 13.2 Å². The Bertz CT molecular complexity index is 504. The summed E-state index contributed by atoms with van der Waals surface area (Å²) in [5.41, 5.74) is 4.64. The number of rotatable bonds is 2. The molecule has 0 aliphatic carbocycles. The number of hydrogen-bond acceptors (Lipinski definition) is 2. The fourth-order valence-corrected chi connectivity index (χ4v) is 2.45. The summed E-state index contributed by atoms with van der Waals surface area (Å²) in [6, 6.07) is 3.55. The maximum Gasteiger partial charge on any atom is 0.417 e. The Labute approximate surface area is 113 Å². The Morgan fingerprint density at radius 3 is 2.63 bits per heavy atom. The molecule has 19 heavy (non-hydrogen) atoms. The van der Waals surface area contributed by atoms with Gasteiger partial charge in [-0.3, -0.25) is 4.79 Å². The van der Waals surface area contributed by atoms with Gasteiger partial charge in [0.05, 0.1) is 16.3 Å². The summed E-state index contributed by atoms with van der Waals surface area (Å²) in [5.74, 6) is -0.296. The van der Waals surface area contributed by atoms with Crippen LogP contribution in [0.3, 0.4) is 0 Å². The summed E-state index contributed by atoms with van der Waals surface area (Å²) >= 11 is 5.78. The van der Waals surface area contributed by atoms with Crippen molar-refractivity contribution in [2.24, 2.45) is 11.7 Å². The van der Waals surface area contributed by atoms with E-state index in [4.69, 9.17) is 17.3 Å². The molecule has 1 amide bonds. The van der Waals surface area contributed by atoms with Crippen LogP contribution in [-0.4, -0.2) is 19.0 Å². The molecule has 1 unspecified atom stereocenters. The molecular weight excluding hydrogens is 281 g/mol. The average molecular weight is 293 g/mol. The van der Waals surface area contributed by atoms with Crippen molar-refractivity contribution in [3.05, 3.63) is 28.8 Å². The minimum absolute atomic E-state index is 0.0434. The van der Waals surface area contributed by atoms with Gasteiger partial charge in [-0.1, -0.05) is 17.7 Å². The zero-order chi connectivity index (χ0) is 14.2. The van der Waals surface area contributed by atoms with Gasteiger partial charge in [0.2, 0.25) is 5.91 Å². The van der Waals surface area contributed by atoms with Crippen LogP contribution < -0.4 is 10.6 Å². The molecule has 1 aromatic rings. The second-order valence-electron chi connectivity index (χ2n) is 4.45. The number of hydrogen-bond donors (Lipinski definition) is 1. The molecule has 0 aromatic heterocycles. The van der Waals surface area contributed by atoms with E-state index < -0.39 is 16.8 Å². The normalized spacial score (nSPS) is 20.2. The predicted octanol–water partition coefficient (Wildman–Crippen LogP) is 2.67. The third-order valence-corrected chi connectivity index (χ3v) is 3.51. The number of carbonyl (C=O) groups excluding carboxylic acids is 1. The van der Waals surface area contributed by atoms with E-state index in [0.29, 0.717) is 13.1 Å². The summed E-state index contributed by atoms with van der Waals surface area (Å²) < 4.78 is 38.2. The van der Waals surface area contributed by atoms with Crippen LogP contribution in [0.4, 0.5) is 18.9 Å². The van der Waals surface area contributed by atoms with E-state index >= 15 is 0 Å². The number of halogens is 4. The van der Waals surface area contributed by atoms with Gasteiger partial charge in [-0.15, -0.1) is 0 Å². The SMILES string of the molecule is NCC1CC(=O)N(c2cccc(C(F)(F)F)c2Cl)C1. The Kier molecular flexibility index (Phi) is 3.73. The molecule has 1 aliphatic rings. The highest BCUT2D eigenvalue weighted by molar-refractivity contribution is 6.34. The molecule has 0 saturated carbocycles. The van der Waals surface area contributed by atoms with Gasteiger partial charge in [0.1, 0.15) is 0 Å². The van der Waals surface area contributed by atoms with Crippen molar-refractivity contribution in [2.45, 2.75) is 12.6 Å². The van der Waals surface area contributed by atoms with E-state index in [1.165, 1.54) is 17.0 Å². The monoisotopic (exact) mass is 292 g/mol. The number of benzene rings is 1. The Hall–Kier alpha value is -1.27. The van der Waals surface area contributed by atoms with Crippen LogP contribution in [0, 0.1) is 5.92 Å². The van der Waals surface area contributed by atoms with Crippen molar-refractivity contribution in [1.29, 1.82) is 0 Å². The van der Waals surface area contributed by atoms with Gasteiger partial charge in [0.25, 0.3) is 0 Å². The van der Waals surface area contributed by atoms with Crippen molar-refractivity contribution in [1.82, 2.24) is 0 Å². The fraction of sp³-hybridized carbons (Fsp3) is 0.417. The lowest BCUT2D eigenvalue weighted by Crippen LogP contribution is -2.26. The lowest BCUT2D eigenvalue weighted by atomic mass is 10.1. The zero-order valence-electron chi connectivity index (χ0n) is 9.88. The van der Waals surface area contributed by atoms with Gasteiger partial charge in [0.15, 0.2) is 0 Å². The zero-order valence-corrected chi connectivity index (χ0v) is 10.6. The van der Waals surface area contributed by atoms with Gasteiger partial charge < -0.3 is 10.6 Å². The molecule has 1 aromatic carbocycles. The quantitative estimate of drug-likeness (QED) is 0.911. The maximum atomic E-state index is 12.7. The molecule has 1 heterocycles. The number of alkyl halides is 3. The van der Waals surface area contributed by atoms with E-state index in [-0.39, 0.29) is 23.9 Å². The third kappa shape index (κ3) is 2.69. The second-order valence-corrected chi connectivity index (χ2v) is 4.82. The molecule has 1 aliphatic heterocycles. The van der Waals surface area contributed by atoms with E-state index in [1.54, 1.807) is 0 Å². The number of anilines is 1. The van der Waals surface area contributed by atoms with E-state index in [1.807, 2.05) is 0 Å². The van der Waals surface area contributed by atoms with Crippen LogP contribution in [0.15, 0.2) is 18.2 Å². The Morgan fingerprint density at radius 1 is 1.42 bits per heavy atom. The van der Waals surface area contributed by atoms with Gasteiger partial charge in [0, 0.05) is 13.0 Å². The molecule has 2 N–H and O–H groups in total. The van der Waals surface area contributed by atoms with E-state index in [9.17, 15) is 18.0 Å². The van der Waals surface area contributed by atoms with Gasteiger partial charge >= 0.3 is 6.18 Å². The molecule has 1 saturated heterocycles. The Morgan fingerprint density at radius 2 is 2.11 bits per heavy atom. The first-order chi connectivity index (χ1) is 8.84. The van der Waals surface area contributed by atoms with E-state index in [0.717, 1.165) is 6.07 Å². The highest BCUT2D eigenvalue weighted by Gasteiger charge is 2.37. The molecular formula is C12H12ClF3N2O. The van der Waals surface area contributed by atoms with Crippen LogP contribution >= 0.6 is 11.6 Å². The summed E-state index contributed by atoms with van der Waals surface area (Å²) in [5, 5.41) is -0.443. The molecule has 1 fully saturated rings. The summed E-state index contributed by atoms with van der Waals surface area (Å²) in [4.78, 5) is 13.1. The van der Waals surface area contributed by atoms with Crippen molar-refractivity contribution in [3.63, 3.8) is 0 Å². The van der Waals surface area contributed by atoms with Crippen molar-refractivity contribution in [2.75, 3.05) is 18.0 Å². The molecule has 0 radical (unpaired) electrons. The molecule has 1 atom stereocenters. The lowest BCUT2D eigenvalue weighted by Gasteiger charge is -2.20. The molecule has 7 heteroatoms. The minimum Gasteiger partial charge on any atom is -0.330 e. The largest absolute Gasteiger partial charge is 0.417 e. The fourth-order valence-electron chi connectivity index (χ4n) is 2.12. The molecule has 2 rings (SSSR count). The highest BCUT2D eigenvalue weighted by atomic mass is 35.5. The van der Waals surface area contributed by atoms with Crippen LogP contribution in [-0.2, 0) is 11.0 Å². The number of carbonyl (C=O) groups is 1. The van der Waals surface area contributed by atoms with Crippen molar-refractivity contribution >= 4 is 23.2 Å². The third-order valence-electron chi connectivity index (χ3n) is 3.11. The maximum absolute atomic E-state index is 12.7. The molecule has 3 nitrogen and oxygen atoms in total. The first-order valence-electron chi connectivity index (χ1n) is 5.70. The first kappa shape index (κ1) is 14.1. The average Bonchev–Trinajstić information content (AvgIpc) is 2.69. The highest BCUT2D eigenvalue weighted by Crippen LogP contribution is 2.40. The van der Waals surface area contributed by atoms with Gasteiger partial charge in [-0.05, 0) is 24.6 Å². The van der Waals surface area contributed by atoms with Crippen LogP contribution in [0.2, 0.25) is 5.02 Å².